The van der Waals surface area contributed by atoms with Gasteiger partial charge in [-0.05, 0) is 59.8 Å². The number of pyridine rings is 1. The fourth-order valence-electron chi connectivity index (χ4n) is 1.61. The summed E-state index contributed by atoms with van der Waals surface area (Å²) in [4.78, 5) is 16.3. The molecule has 98 valence electrons. The normalized spacial score (nSPS) is 10.3. The highest BCUT2D eigenvalue weighted by Gasteiger charge is 2.07. The third kappa shape index (κ3) is 3.91. The lowest BCUT2D eigenvalue weighted by molar-refractivity contribution is 0.0950. The van der Waals surface area contributed by atoms with Crippen LogP contribution in [0.4, 0.5) is 0 Å². The molecule has 0 unspecified atom stereocenters. The predicted octanol–water partition coefficient (Wildman–Crippen LogP) is 3.58. The fraction of sp³-hybridized carbons (Fsp3) is 0.143. The monoisotopic (exact) mass is 386 g/mol. The minimum atomic E-state index is -0.151. The summed E-state index contributed by atoms with van der Waals surface area (Å²) in [6.45, 7) is 2.33. The van der Waals surface area contributed by atoms with Gasteiger partial charge in [-0.15, -0.1) is 0 Å². The van der Waals surface area contributed by atoms with E-state index in [1.807, 2.05) is 31.2 Å². The maximum absolute atomic E-state index is 12.0. The topological polar surface area (TPSA) is 42.0 Å². The molecule has 2 aromatic rings. The molecular formula is C14H12ClIN2O. The molecule has 0 saturated heterocycles. The van der Waals surface area contributed by atoms with E-state index in [0.29, 0.717) is 17.1 Å². The quantitative estimate of drug-likeness (QED) is 0.819. The highest BCUT2D eigenvalue weighted by atomic mass is 127. The van der Waals surface area contributed by atoms with Crippen molar-refractivity contribution in [1.82, 2.24) is 10.3 Å². The van der Waals surface area contributed by atoms with E-state index in [4.69, 9.17) is 11.6 Å². The minimum Gasteiger partial charge on any atom is -0.346 e. The maximum Gasteiger partial charge on any atom is 0.251 e. The molecule has 1 N–H and O–H groups in total. The van der Waals surface area contributed by atoms with Gasteiger partial charge in [-0.25, -0.2) is 0 Å². The van der Waals surface area contributed by atoms with Crippen LogP contribution in [0.15, 0.2) is 36.4 Å². The van der Waals surface area contributed by atoms with Gasteiger partial charge < -0.3 is 5.32 Å². The molecule has 19 heavy (non-hydrogen) atoms. The van der Waals surface area contributed by atoms with Crippen LogP contribution in [0.1, 0.15) is 21.7 Å². The third-order valence-electron chi connectivity index (χ3n) is 2.56. The number of benzene rings is 1. The summed E-state index contributed by atoms with van der Waals surface area (Å²) in [5, 5.41) is 3.41. The summed E-state index contributed by atoms with van der Waals surface area (Å²) in [7, 11) is 0. The molecule has 0 bridgehead atoms. The molecule has 0 saturated carbocycles. The van der Waals surface area contributed by atoms with E-state index >= 15 is 0 Å². The predicted molar refractivity (Wildman–Crippen MR) is 84.3 cm³/mol. The number of halogens is 2. The van der Waals surface area contributed by atoms with Crippen LogP contribution in [0.5, 0.6) is 0 Å². The van der Waals surface area contributed by atoms with Crippen molar-refractivity contribution < 1.29 is 4.79 Å². The molecule has 0 aliphatic heterocycles. The molecule has 1 aromatic carbocycles. The first kappa shape index (κ1) is 14.3. The summed E-state index contributed by atoms with van der Waals surface area (Å²) >= 11 is 8.12. The zero-order chi connectivity index (χ0) is 13.8. The molecule has 0 aliphatic carbocycles. The second-order valence-corrected chi connectivity index (χ2v) is 5.65. The Kier molecular flexibility index (Phi) is 4.76. The molecule has 1 aromatic heterocycles. The fourth-order valence-corrected chi connectivity index (χ4v) is 2.12. The number of amides is 1. The Morgan fingerprint density at radius 3 is 2.84 bits per heavy atom. The molecule has 1 amide bonds. The Morgan fingerprint density at radius 1 is 1.37 bits per heavy atom. The van der Waals surface area contributed by atoms with E-state index in [9.17, 15) is 4.79 Å². The van der Waals surface area contributed by atoms with Crippen molar-refractivity contribution in [1.29, 1.82) is 0 Å². The van der Waals surface area contributed by atoms with E-state index in [-0.39, 0.29) is 5.91 Å². The first-order chi connectivity index (χ1) is 9.06. The number of hydrogen-bond donors (Lipinski definition) is 1. The lowest BCUT2D eigenvalue weighted by atomic mass is 10.2. The Labute approximate surface area is 130 Å². The van der Waals surface area contributed by atoms with Gasteiger partial charge in [0.25, 0.3) is 5.91 Å². The zero-order valence-corrected chi connectivity index (χ0v) is 13.2. The van der Waals surface area contributed by atoms with Gasteiger partial charge in [0.05, 0.1) is 17.3 Å². The van der Waals surface area contributed by atoms with E-state index in [1.54, 1.807) is 12.1 Å². The minimum absolute atomic E-state index is 0.151. The van der Waals surface area contributed by atoms with E-state index in [2.05, 4.69) is 32.9 Å². The van der Waals surface area contributed by atoms with Crippen molar-refractivity contribution in [3.05, 3.63) is 61.9 Å². The van der Waals surface area contributed by atoms with Crippen molar-refractivity contribution in [2.45, 2.75) is 13.5 Å². The Balaban J connectivity index is 2.03. The van der Waals surface area contributed by atoms with E-state index in [0.717, 1.165) is 15.0 Å². The van der Waals surface area contributed by atoms with Gasteiger partial charge in [0, 0.05) is 14.8 Å². The summed E-state index contributed by atoms with van der Waals surface area (Å²) in [6, 6.07) is 11.0. The van der Waals surface area contributed by atoms with Crippen molar-refractivity contribution in [2.75, 3.05) is 0 Å². The van der Waals surface area contributed by atoms with Crippen LogP contribution >= 0.6 is 34.2 Å². The van der Waals surface area contributed by atoms with Gasteiger partial charge in [-0.1, -0.05) is 17.7 Å². The molecule has 1 heterocycles. The molecule has 0 radical (unpaired) electrons. The highest BCUT2D eigenvalue weighted by molar-refractivity contribution is 14.1. The average Bonchev–Trinajstić information content (AvgIpc) is 2.39. The summed E-state index contributed by atoms with van der Waals surface area (Å²) in [6.07, 6.45) is 0. The molecule has 0 aliphatic rings. The second-order valence-electron chi connectivity index (χ2n) is 4.08. The van der Waals surface area contributed by atoms with Crippen LogP contribution in [-0.2, 0) is 6.54 Å². The number of carbonyl (C=O) groups is 1. The maximum atomic E-state index is 12.0. The first-order valence-corrected chi connectivity index (χ1v) is 7.18. The number of rotatable bonds is 3. The Bertz CT molecular complexity index is 616. The van der Waals surface area contributed by atoms with Crippen LogP contribution in [0.3, 0.4) is 0 Å². The Hall–Kier alpha value is -1.14. The average molecular weight is 387 g/mol. The van der Waals surface area contributed by atoms with E-state index < -0.39 is 0 Å². The van der Waals surface area contributed by atoms with Crippen molar-refractivity contribution in [3.8, 4) is 0 Å². The number of nitrogens with one attached hydrogen (secondary N) is 1. The van der Waals surface area contributed by atoms with E-state index in [1.165, 1.54) is 0 Å². The van der Waals surface area contributed by atoms with Gasteiger partial charge in [0.1, 0.15) is 0 Å². The van der Waals surface area contributed by atoms with Crippen molar-refractivity contribution in [3.63, 3.8) is 0 Å². The van der Waals surface area contributed by atoms with Gasteiger partial charge in [-0.3, -0.25) is 9.78 Å². The van der Waals surface area contributed by atoms with Crippen LogP contribution in [-0.4, -0.2) is 10.9 Å². The number of aryl methyl sites for hydroxylation is 1. The van der Waals surface area contributed by atoms with Crippen LogP contribution in [0, 0.1) is 10.5 Å². The van der Waals surface area contributed by atoms with Gasteiger partial charge in [-0.2, -0.15) is 0 Å². The van der Waals surface area contributed by atoms with Crippen molar-refractivity contribution >= 4 is 40.1 Å². The summed E-state index contributed by atoms with van der Waals surface area (Å²) < 4.78 is 0.927. The first-order valence-electron chi connectivity index (χ1n) is 5.72. The number of nitrogens with zero attached hydrogens (tertiary/aromatic N) is 1. The molecule has 0 atom stereocenters. The van der Waals surface area contributed by atoms with Gasteiger partial charge >= 0.3 is 0 Å². The summed E-state index contributed by atoms with van der Waals surface area (Å²) in [5.41, 5.74) is 2.33. The zero-order valence-electron chi connectivity index (χ0n) is 10.3. The molecule has 0 fully saturated rings. The smallest absolute Gasteiger partial charge is 0.251 e. The van der Waals surface area contributed by atoms with Gasteiger partial charge in [0.2, 0.25) is 0 Å². The molecule has 3 nitrogen and oxygen atoms in total. The molecule has 5 heteroatoms. The SMILES string of the molecule is Cc1cccc(CNC(=O)c2ccc(I)c(Cl)c2)n1. The number of hydrogen-bond acceptors (Lipinski definition) is 2. The number of aromatic nitrogens is 1. The molecular weight excluding hydrogens is 375 g/mol. The van der Waals surface area contributed by atoms with Crippen molar-refractivity contribution in [2.24, 2.45) is 0 Å². The van der Waals surface area contributed by atoms with Gasteiger partial charge in [0.15, 0.2) is 0 Å². The van der Waals surface area contributed by atoms with Crippen LogP contribution in [0.25, 0.3) is 0 Å². The third-order valence-corrected chi connectivity index (χ3v) is 4.13. The summed E-state index contributed by atoms with van der Waals surface area (Å²) in [5.74, 6) is -0.151. The lowest BCUT2D eigenvalue weighted by Gasteiger charge is -2.06. The lowest BCUT2D eigenvalue weighted by Crippen LogP contribution is -2.23. The second kappa shape index (κ2) is 6.34. The number of carbonyl (C=O) groups excluding carboxylic acids is 1. The Morgan fingerprint density at radius 2 is 2.16 bits per heavy atom. The van der Waals surface area contributed by atoms with Crippen LogP contribution in [0.2, 0.25) is 5.02 Å². The highest BCUT2D eigenvalue weighted by Crippen LogP contribution is 2.19. The molecule has 2 rings (SSSR count). The largest absolute Gasteiger partial charge is 0.346 e. The molecule has 0 spiro atoms. The van der Waals surface area contributed by atoms with Crippen LogP contribution < -0.4 is 5.32 Å². The standard InChI is InChI=1S/C14H12ClIN2O/c1-9-3-2-4-11(18-9)8-17-14(19)10-5-6-13(16)12(15)7-10/h2-7H,8H2,1H3,(H,17,19).